The van der Waals surface area contributed by atoms with Crippen molar-refractivity contribution in [1.29, 1.82) is 0 Å². The first-order valence-electron chi connectivity index (χ1n) is 10.3. The number of nitrogens with zero attached hydrogens (tertiary/aromatic N) is 2. The molecule has 1 saturated carbocycles. The van der Waals surface area contributed by atoms with Gasteiger partial charge in [-0.05, 0) is 85.3 Å². The van der Waals surface area contributed by atoms with Crippen LogP contribution in [0.2, 0.25) is 5.02 Å². The van der Waals surface area contributed by atoms with Crippen molar-refractivity contribution in [3.8, 4) is 5.75 Å². The maximum absolute atomic E-state index is 14.0. The molecule has 1 fully saturated rings. The molecule has 6 nitrogen and oxygen atoms in total. The Hall–Kier alpha value is -2.84. The van der Waals surface area contributed by atoms with Gasteiger partial charge in [-0.1, -0.05) is 24.2 Å². The fourth-order valence-electron chi connectivity index (χ4n) is 3.40. The topological polar surface area (TPSA) is 85.0 Å². The van der Waals surface area contributed by atoms with Gasteiger partial charge in [-0.2, -0.15) is 5.10 Å². The van der Waals surface area contributed by atoms with Crippen LogP contribution < -0.4 is 10.6 Å². The van der Waals surface area contributed by atoms with Crippen molar-refractivity contribution in [3.05, 3.63) is 70.0 Å². The van der Waals surface area contributed by atoms with E-state index in [-0.39, 0.29) is 22.4 Å². The number of ether oxygens (including phenoxy) is 1. The molecule has 1 amide bonds. The van der Waals surface area contributed by atoms with E-state index in [1.54, 1.807) is 0 Å². The summed E-state index contributed by atoms with van der Waals surface area (Å²) in [6, 6.07) is 7.88. The summed E-state index contributed by atoms with van der Waals surface area (Å²) in [6.07, 6.45) is 2.68. The molecule has 3 rings (SSSR count). The molecule has 0 saturated heterocycles. The van der Waals surface area contributed by atoms with Crippen LogP contribution in [0.1, 0.15) is 39.9 Å². The first-order valence-corrected chi connectivity index (χ1v) is 11.5. The third kappa shape index (κ3) is 5.94. The van der Waals surface area contributed by atoms with Gasteiger partial charge in [-0.3, -0.25) is 14.5 Å². The zero-order valence-electron chi connectivity index (χ0n) is 18.4. The maximum Gasteiger partial charge on any atom is 0.261 e. The summed E-state index contributed by atoms with van der Waals surface area (Å²) in [5.74, 6) is 5.52. The summed E-state index contributed by atoms with van der Waals surface area (Å²) in [5.41, 5.74) is 2.54. The summed E-state index contributed by atoms with van der Waals surface area (Å²) in [4.78, 5) is 26.0. The summed E-state index contributed by atoms with van der Waals surface area (Å²) in [6.45, 7) is 8.26. The average molecular weight is 490 g/mol. The Kier molecular flexibility index (Phi) is 8.15. The molecule has 0 radical (unpaired) electrons. The fraction of sp³-hybridized carbons (Fsp3) is 0.292. The zero-order chi connectivity index (χ0) is 24.1. The molecule has 0 aliphatic heterocycles. The molecular weight excluding hydrogens is 465 g/mol. The molecule has 174 valence electrons. The number of carbonyl (C=O) groups is 2. The Labute approximate surface area is 201 Å². The van der Waals surface area contributed by atoms with Gasteiger partial charge in [0.2, 0.25) is 0 Å². The van der Waals surface area contributed by atoms with Gasteiger partial charge >= 0.3 is 0 Å². The van der Waals surface area contributed by atoms with E-state index in [1.165, 1.54) is 23.1 Å². The Morgan fingerprint density at radius 3 is 2.61 bits per heavy atom. The Bertz CT molecular complexity index is 1100. The second-order valence-electron chi connectivity index (χ2n) is 7.81. The van der Waals surface area contributed by atoms with E-state index < -0.39 is 11.7 Å². The molecule has 0 aromatic heterocycles. The van der Waals surface area contributed by atoms with Crippen LogP contribution in [0.4, 0.5) is 4.39 Å². The highest BCUT2D eigenvalue weighted by molar-refractivity contribution is 8.21. The average Bonchev–Trinajstić information content (AvgIpc) is 3.61. The summed E-state index contributed by atoms with van der Waals surface area (Å²) < 4.78 is 19.5. The van der Waals surface area contributed by atoms with Gasteiger partial charge in [-0.15, -0.1) is 0 Å². The molecule has 2 aromatic carbocycles. The van der Waals surface area contributed by atoms with Crippen molar-refractivity contribution in [2.24, 2.45) is 16.9 Å². The van der Waals surface area contributed by atoms with Crippen LogP contribution in [-0.4, -0.2) is 35.4 Å². The zero-order valence-corrected chi connectivity index (χ0v) is 20.0. The fourth-order valence-corrected chi connectivity index (χ4v) is 4.38. The number of nitrogens with two attached hydrogens (primary N) is 1. The number of hydrazone groups is 1. The number of amides is 1. The van der Waals surface area contributed by atoms with Crippen molar-refractivity contribution in [3.63, 3.8) is 0 Å². The third-order valence-electron chi connectivity index (χ3n) is 5.20. The molecule has 0 heterocycles. The van der Waals surface area contributed by atoms with E-state index in [0.29, 0.717) is 29.4 Å². The van der Waals surface area contributed by atoms with Crippen molar-refractivity contribution in [2.45, 2.75) is 26.7 Å². The Balaban J connectivity index is 1.86. The molecule has 33 heavy (non-hydrogen) atoms. The van der Waals surface area contributed by atoms with Crippen LogP contribution in [0.15, 0.2) is 42.0 Å². The van der Waals surface area contributed by atoms with E-state index in [0.717, 1.165) is 41.3 Å². The molecule has 2 N–H and O–H groups in total. The van der Waals surface area contributed by atoms with Gasteiger partial charge in [0.05, 0.1) is 10.6 Å². The predicted octanol–water partition coefficient (Wildman–Crippen LogP) is 5.16. The standard InChI is InChI=1S/C24H25ClFN3O3S/c1-14-11-18(12-15(2)22(14)32-10-9-30)16(3)33-24(28-27)29(13-17-7-8-17)23(31)19-5-4-6-20(26)21(19)25/h4-6,9,11-12,17H,3,7-8,10,13,27H2,1-2H3/b28-24-. The summed E-state index contributed by atoms with van der Waals surface area (Å²) in [5, 5.41) is 3.87. The van der Waals surface area contributed by atoms with Crippen molar-refractivity contribution >= 4 is 45.6 Å². The SMILES string of the molecule is C=C(S/C(=N\N)N(CC1CC1)C(=O)c1cccc(F)c1Cl)c1cc(C)c(OCC=O)c(C)c1. The third-order valence-corrected chi connectivity index (χ3v) is 6.57. The molecule has 0 bridgehead atoms. The molecular formula is C24H25ClFN3O3S. The van der Waals surface area contributed by atoms with E-state index in [4.69, 9.17) is 22.2 Å². The number of hydrogen-bond donors (Lipinski definition) is 1. The molecule has 0 unspecified atom stereocenters. The van der Waals surface area contributed by atoms with Gasteiger partial charge in [0.1, 0.15) is 18.2 Å². The van der Waals surface area contributed by atoms with Gasteiger partial charge < -0.3 is 10.6 Å². The van der Waals surface area contributed by atoms with Crippen LogP contribution in [0.5, 0.6) is 5.75 Å². The van der Waals surface area contributed by atoms with Crippen LogP contribution in [0.3, 0.4) is 0 Å². The number of benzene rings is 2. The highest BCUT2D eigenvalue weighted by Gasteiger charge is 2.32. The number of aryl methyl sites for hydroxylation is 2. The maximum atomic E-state index is 14.0. The van der Waals surface area contributed by atoms with Crippen LogP contribution in [-0.2, 0) is 4.79 Å². The van der Waals surface area contributed by atoms with Gasteiger partial charge in [0.15, 0.2) is 11.5 Å². The van der Waals surface area contributed by atoms with Gasteiger partial charge in [0.25, 0.3) is 5.91 Å². The Morgan fingerprint density at radius 2 is 2.03 bits per heavy atom. The van der Waals surface area contributed by atoms with Crippen LogP contribution in [0, 0.1) is 25.6 Å². The largest absolute Gasteiger partial charge is 0.486 e. The quantitative estimate of drug-likeness (QED) is 0.182. The van der Waals surface area contributed by atoms with E-state index in [2.05, 4.69) is 11.7 Å². The minimum absolute atomic E-state index is 0.0262. The molecule has 0 spiro atoms. The smallest absolute Gasteiger partial charge is 0.261 e. The lowest BCUT2D eigenvalue weighted by Crippen LogP contribution is -2.37. The highest BCUT2D eigenvalue weighted by atomic mass is 35.5. The van der Waals surface area contributed by atoms with Gasteiger partial charge in [0, 0.05) is 11.4 Å². The van der Waals surface area contributed by atoms with Gasteiger partial charge in [-0.25, -0.2) is 4.39 Å². The van der Waals surface area contributed by atoms with E-state index in [9.17, 15) is 14.0 Å². The first kappa shape index (κ1) is 24.8. The number of amidine groups is 1. The van der Waals surface area contributed by atoms with Crippen LogP contribution in [0.25, 0.3) is 4.91 Å². The number of rotatable bonds is 8. The lowest BCUT2D eigenvalue weighted by molar-refractivity contribution is -0.109. The second kappa shape index (κ2) is 10.9. The predicted molar refractivity (Wildman–Crippen MR) is 131 cm³/mol. The molecule has 9 heteroatoms. The van der Waals surface area contributed by atoms with Crippen molar-refractivity contribution in [1.82, 2.24) is 4.90 Å². The first-order chi connectivity index (χ1) is 15.8. The number of hydrogen-bond acceptors (Lipinski definition) is 6. The molecule has 2 aromatic rings. The lowest BCUT2D eigenvalue weighted by Gasteiger charge is -2.24. The minimum atomic E-state index is -0.667. The molecule has 0 atom stereocenters. The van der Waals surface area contributed by atoms with Crippen LogP contribution >= 0.6 is 23.4 Å². The number of aldehydes is 1. The van der Waals surface area contributed by atoms with Crippen molar-refractivity contribution in [2.75, 3.05) is 13.2 Å². The number of halogens is 2. The summed E-state index contributed by atoms with van der Waals surface area (Å²) in [7, 11) is 0. The van der Waals surface area contributed by atoms with E-state index >= 15 is 0 Å². The Morgan fingerprint density at radius 1 is 1.36 bits per heavy atom. The number of carbonyl (C=O) groups excluding carboxylic acids is 2. The highest BCUT2D eigenvalue weighted by Crippen LogP contribution is 2.36. The van der Waals surface area contributed by atoms with Crippen molar-refractivity contribution < 1.29 is 18.7 Å². The molecule has 1 aliphatic carbocycles. The van der Waals surface area contributed by atoms with E-state index in [1.807, 2.05) is 26.0 Å². The normalized spacial score (nSPS) is 13.5. The second-order valence-corrected chi connectivity index (χ2v) is 9.25. The summed E-state index contributed by atoms with van der Waals surface area (Å²) >= 11 is 7.22. The lowest BCUT2D eigenvalue weighted by atomic mass is 10.1. The minimum Gasteiger partial charge on any atom is -0.486 e. The molecule has 1 aliphatic rings. The number of thioether (sulfide) groups is 1. The monoisotopic (exact) mass is 489 g/mol.